The number of hydroxylamine groups is 1. The lowest BCUT2D eigenvalue weighted by atomic mass is 10.0. The highest BCUT2D eigenvalue weighted by Crippen LogP contribution is 2.22. The summed E-state index contributed by atoms with van der Waals surface area (Å²) in [4.78, 5) is 25.7. The molecule has 1 aliphatic heterocycles. The second-order valence-corrected chi connectivity index (χ2v) is 5.69. The van der Waals surface area contributed by atoms with Crippen molar-refractivity contribution in [1.82, 2.24) is 5.48 Å². The van der Waals surface area contributed by atoms with Crippen LogP contribution in [0.1, 0.15) is 22.3 Å². The Hall–Kier alpha value is -2.08. The highest BCUT2D eigenvalue weighted by Gasteiger charge is 2.24. The number of rotatable bonds is 3. The zero-order valence-electron chi connectivity index (χ0n) is 12.0. The van der Waals surface area contributed by atoms with Crippen molar-refractivity contribution in [2.24, 2.45) is 10.9 Å². The lowest BCUT2D eigenvalue weighted by molar-refractivity contribution is 0.0505. The molecule has 0 aromatic heterocycles. The number of carbonyl (C=O) groups is 1. The average molecular weight is 335 g/mol. The van der Waals surface area contributed by atoms with Crippen molar-refractivity contribution in [2.75, 3.05) is 0 Å². The van der Waals surface area contributed by atoms with Crippen LogP contribution in [0, 0.1) is 0 Å². The minimum atomic E-state index is -0.962. The summed E-state index contributed by atoms with van der Waals surface area (Å²) in [7, 11) is 2.44. The first-order valence-corrected chi connectivity index (χ1v) is 7.49. The van der Waals surface area contributed by atoms with Gasteiger partial charge in [0.25, 0.3) is 0 Å². The van der Waals surface area contributed by atoms with Crippen molar-refractivity contribution in [2.45, 2.75) is 18.8 Å². The average Bonchev–Trinajstić information content (AvgIpc) is 3.05. The summed E-state index contributed by atoms with van der Waals surface area (Å²) in [5.41, 5.74) is 4.48. The second kappa shape index (κ2) is 6.58. The third-order valence-corrected chi connectivity index (χ3v) is 4.03. The van der Waals surface area contributed by atoms with Gasteiger partial charge in [0.2, 0.25) is 6.23 Å². The van der Waals surface area contributed by atoms with Gasteiger partial charge in [0, 0.05) is 17.6 Å². The number of allylic oxidation sites excluding steroid dienone is 2. The van der Waals surface area contributed by atoms with Crippen molar-refractivity contribution in [3.63, 3.8) is 0 Å². The van der Waals surface area contributed by atoms with Crippen LogP contribution in [0.3, 0.4) is 0 Å². The molecule has 0 bridgehead atoms. The molecule has 120 valence electrons. The standard InChI is InChI=1S/C15H15FN3O3P/c16-10-4-1-8(2-5-10)14-18-13(19-22-14)9-3-6-12(23)11(7-9)15(20)21-17/h1-4,6-7,10,14H,5,17,23H2,(H,18,19). The van der Waals surface area contributed by atoms with Gasteiger partial charge in [0.15, 0.2) is 5.84 Å². The van der Waals surface area contributed by atoms with E-state index in [-0.39, 0.29) is 0 Å². The van der Waals surface area contributed by atoms with Crippen LogP contribution in [0.2, 0.25) is 0 Å². The molecule has 6 nitrogen and oxygen atoms in total. The van der Waals surface area contributed by atoms with E-state index in [0.29, 0.717) is 28.7 Å². The Morgan fingerprint density at radius 3 is 3.04 bits per heavy atom. The van der Waals surface area contributed by atoms with Crippen LogP contribution in [0.25, 0.3) is 0 Å². The maximum atomic E-state index is 13.1. The first-order valence-electron chi connectivity index (χ1n) is 6.91. The van der Waals surface area contributed by atoms with Gasteiger partial charge < -0.3 is 4.84 Å². The number of hydrogen-bond donors (Lipinski definition) is 2. The van der Waals surface area contributed by atoms with E-state index in [4.69, 9.17) is 10.7 Å². The third-order valence-electron chi connectivity index (χ3n) is 3.53. The van der Waals surface area contributed by atoms with Gasteiger partial charge in [-0.15, -0.1) is 9.24 Å². The second-order valence-electron chi connectivity index (χ2n) is 5.07. The van der Waals surface area contributed by atoms with Crippen LogP contribution < -0.4 is 16.7 Å². The Bertz CT molecular complexity index is 733. The maximum Gasteiger partial charge on any atom is 0.357 e. The Morgan fingerprint density at radius 1 is 1.52 bits per heavy atom. The van der Waals surface area contributed by atoms with Gasteiger partial charge in [-0.1, -0.05) is 24.3 Å². The van der Waals surface area contributed by atoms with Crippen LogP contribution in [-0.4, -0.2) is 24.2 Å². The minimum Gasteiger partial charge on any atom is -0.370 e. The molecule has 0 spiro atoms. The molecule has 1 aromatic carbocycles. The quantitative estimate of drug-likeness (QED) is 0.637. The molecule has 1 aromatic rings. The summed E-state index contributed by atoms with van der Waals surface area (Å²) in [6, 6.07) is 5.13. The molecule has 3 rings (SSSR count). The molecular formula is C15H15FN3O3P. The molecule has 3 atom stereocenters. The Kier molecular flexibility index (Phi) is 4.52. The number of hydrogen-bond acceptors (Lipinski definition) is 6. The fraction of sp³-hybridized carbons (Fsp3) is 0.200. The van der Waals surface area contributed by atoms with E-state index in [1.807, 2.05) is 0 Å². The van der Waals surface area contributed by atoms with E-state index >= 15 is 0 Å². The summed E-state index contributed by atoms with van der Waals surface area (Å²) in [5.74, 6) is 4.77. The van der Waals surface area contributed by atoms with Crippen LogP contribution in [0.5, 0.6) is 0 Å². The molecule has 1 aliphatic carbocycles. The number of nitrogens with two attached hydrogens (primary N) is 1. The zero-order valence-corrected chi connectivity index (χ0v) is 13.2. The number of carbonyl (C=O) groups excluding carboxylic acids is 1. The molecule has 0 fully saturated rings. The maximum absolute atomic E-state index is 13.1. The molecule has 0 radical (unpaired) electrons. The topological polar surface area (TPSA) is 85.9 Å². The molecule has 8 heteroatoms. The minimum absolute atomic E-state index is 0.310. The number of benzene rings is 1. The highest BCUT2D eigenvalue weighted by molar-refractivity contribution is 7.27. The Balaban J connectivity index is 1.84. The molecule has 3 N–H and O–H groups in total. The number of nitrogens with zero attached hydrogens (tertiary/aromatic N) is 1. The van der Waals surface area contributed by atoms with E-state index in [1.165, 1.54) is 6.08 Å². The van der Waals surface area contributed by atoms with Crippen molar-refractivity contribution < 1.29 is 18.9 Å². The predicted molar refractivity (Wildman–Crippen MR) is 86.7 cm³/mol. The molecule has 1 heterocycles. The number of aliphatic imine (C=N–C) groups is 1. The largest absolute Gasteiger partial charge is 0.370 e. The molecule has 0 saturated carbocycles. The fourth-order valence-corrected chi connectivity index (χ4v) is 2.59. The highest BCUT2D eigenvalue weighted by atomic mass is 31.0. The summed E-state index contributed by atoms with van der Waals surface area (Å²) < 4.78 is 13.1. The molecular weight excluding hydrogens is 320 g/mol. The number of amidine groups is 1. The van der Waals surface area contributed by atoms with Crippen molar-refractivity contribution in [3.8, 4) is 0 Å². The zero-order chi connectivity index (χ0) is 16.4. The monoisotopic (exact) mass is 335 g/mol. The number of nitrogens with one attached hydrogen (secondary N) is 1. The molecule has 23 heavy (non-hydrogen) atoms. The van der Waals surface area contributed by atoms with Gasteiger partial charge in [-0.25, -0.2) is 24.5 Å². The van der Waals surface area contributed by atoms with Crippen molar-refractivity contribution in [3.05, 3.63) is 53.1 Å². The SMILES string of the molecule is NOC(=O)c1cc(C2=NC(C3=CCC(F)C=C3)ON2)ccc1P. The summed E-state index contributed by atoms with van der Waals surface area (Å²) in [6.45, 7) is 0. The van der Waals surface area contributed by atoms with Gasteiger partial charge in [0.05, 0.1) is 5.56 Å². The molecule has 2 aliphatic rings. The van der Waals surface area contributed by atoms with Crippen LogP contribution in [-0.2, 0) is 9.68 Å². The summed E-state index contributed by atoms with van der Waals surface area (Å²) >= 11 is 0. The van der Waals surface area contributed by atoms with Gasteiger partial charge >= 0.3 is 5.97 Å². The van der Waals surface area contributed by atoms with Crippen LogP contribution >= 0.6 is 9.24 Å². The van der Waals surface area contributed by atoms with Gasteiger partial charge in [-0.3, -0.25) is 0 Å². The number of halogens is 1. The van der Waals surface area contributed by atoms with E-state index < -0.39 is 18.4 Å². The van der Waals surface area contributed by atoms with E-state index in [1.54, 1.807) is 30.4 Å². The molecule has 0 saturated heterocycles. The number of alkyl halides is 1. The summed E-state index contributed by atoms with van der Waals surface area (Å²) in [6.07, 6.45) is 3.70. The van der Waals surface area contributed by atoms with Crippen LogP contribution in [0.15, 0.2) is 47.0 Å². The lowest BCUT2D eigenvalue weighted by Gasteiger charge is -2.12. The smallest absolute Gasteiger partial charge is 0.357 e. The molecule has 3 unspecified atom stereocenters. The normalized spacial score (nSPS) is 23.1. The van der Waals surface area contributed by atoms with E-state index in [9.17, 15) is 9.18 Å². The lowest BCUT2D eigenvalue weighted by Crippen LogP contribution is -2.22. The predicted octanol–water partition coefficient (Wildman–Crippen LogP) is 1.05. The van der Waals surface area contributed by atoms with Crippen molar-refractivity contribution in [1.29, 1.82) is 0 Å². The van der Waals surface area contributed by atoms with Gasteiger partial charge in [-0.2, -0.15) is 5.90 Å². The van der Waals surface area contributed by atoms with E-state index in [2.05, 4.69) is 24.5 Å². The van der Waals surface area contributed by atoms with Gasteiger partial charge in [0.1, 0.15) is 6.17 Å². The summed E-state index contributed by atoms with van der Waals surface area (Å²) in [5, 5.41) is 0.659. The Morgan fingerprint density at radius 2 is 2.35 bits per heavy atom. The van der Waals surface area contributed by atoms with Crippen molar-refractivity contribution >= 4 is 26.3 Å². The first-order chi connectivity index (χ1) is 11.1. The Labute approximate surface area is 134 Å². The fourth-order valence-electron chi connectivity index (χ4n) is 2.30. The molecule has 0 amide bonds. The van der Waals surface area contributed by atoms with Gasteiger partial charge in [-0.05, 0) is 17.4 Å². The first kappa shape index (κ1) is 15.8. The van der Waals surface area contributed by atoms with Crippen LogP contribution in [0.4, 0.5) is 4.39 Å². The third kappa shape index (κ3) is 3.32. The van der Waals surface area contributed by atoms with E-state index in [0.717, 1.165) is 5.57 Å².